The molecule has 0 aliphatic carbocycles. The summed E-state index contributed by atoms with van der Waals surface area (Å²) >= 11 is 0. The number of esters is 9. The molecule has 0 aromatic heterocycles. The Kier molecular flexibility index (Phi) is 17.5. The van der Waals surface area contributed by atoms with E-state index in [-0.39, 0.29) is 0 Å². The van der Waals surface area contributed by atoms with Crippen LogP contribution >= 0.6 is 0 Å². The standard InChI is InChI=1S/C36H50O23/c1-13-25(49-16(4)38)28(52-19(7)41)31(53-20(8)42)34(47-13)58-29-26(50-17(5)39)14(2)48-35(32(29)54-21(9)43)59-30-27(51-18(6)40)24(12-46-15(3)37)57-36(56-23(11)45)33(30)55-22(10)44/h13-14,24-36H,12H2,1-11H3/t13-,14-,24+,25-,26-,27-,28+,29+,30-,31+,32+,33+,34-,35-,36?/m0/s1. The van der Waals surface area contributed by atoms with Crippen molar-refractivity contribution in [3.63, 3.8) is 0 Å². The highest BCUT2D eigenvalue weighted by Gasteiger charge is 2.59. The molecule has 3 fully saturated rings. The molecule has 3 heterocycles. The van der Waals surface area contributed by atoms with Crippen molar-refractivity contribution in [3.8, 4) is 0 Å². The van der Waals surface area contributed by atoms with Gasteiger partial charge in [-0.1, -0.05) is 0 Å². The van der Waals surface area contributed by atoms with Crippen LogP contribution in [0, 0.1) is 0 Å². The van der Waals surface area contributed by atoms with E-state index < -0.39 is 152 Å². The van der Waals surface area contributed by atoms with Gasteiger partial charge in [0.2, 0.25) is 6.29 Å². The first-order valence-corrected chi connectivity index (χ1v) is 18.3. The number of ether oxygens (including phenoxy) is 14. The third-order valence-corrected chi connectivity index (χ3v) is 8.48. The van der Waals surface area contributed by atoms with Gasteiger partial charge in [-0.15, -0.1) is 0 Å². The maximum atomic E-state index is 12.8. The molecule has 23 heteroatoms. The minimum atomic E-state index is -1.86. The number of carbonyl (C=O) groups excluding carboxylic acids is 9. The minimum Gasteiger partial charge on any atom is -0.463 e. The van der Waals surface area contributed by atoms with Gasteiger partial charge in [-0.25, -0.2) is 0 Å². The molecule has 0 aromatic carbocycles. The van der Waals surface area contributed by atoms with Gasteiger partial charge in [-0.3, -0.25) is 43.2 Å². The molecule has 59 heavy (non-hydrogen) atoms. The van der Waals surface area contributed by atoms with E-state index in [0.29, 0.717) is 0 Å². The Labute approximate surface area is 338 Å². The monoisotopic (exact) mass is 850 g/mol. The first-order valence-electron chi connectivity index (χ1n) is 18.3. The third kappa shape index (κ3) is 13.8. The fraction of sp³-hybridized carbons (Fsp3) is 0.750. The lowest BCUT2D eigenvalue weighted by atomic mass is 9.95. The summed E-state index contributed by atoms with van der Waals surface area (Å²) in [6.45, 7) is 11.5. The lowest BCUT2D eigenvalue weighted by Crippen LogP contribution is -2.68. The van der Waals surface area contributed by atoms with Crippen LogP contribution in [0.25, 0.3) is 0 Å². The van der Waals surface area contributed by atoms with Crippen LogP contribution in [0.1, 0.15) is 76.2 Å². The van der Waals surface area contributed by atoms with Gasteiger partial charge in [0.05, 0.1) is 12.2 Å². The van der Waals surface area contributed by atoms with Gasteiger partial charge in [0.1, 0.15) is 24.9 Å². The summed E-state index contributed by atoms with van der Waals surface area (Å²) in [7, 11) is 0. The Morgan fingerprint density at radius 2 is 0.644 bits per heavy atom. The first kappa shape index (κ1) is 48.4. The second kappa shape index (κ2) is 21.3. The van der Waals surface area contributed by atoms with E-state index in [0.717, 1.165) is 62.3 Å². The van der Waals surface area contributed by atoms with E-state index in [4.69, 9.17) is 66.3 Å². The fourth-order valence-electron chi connectivity index (χ4n) is 6.57. The van der Waals surface area contributed by atoms with Gasteiger partial charge in [0, 0.05) is 62.3 Å². The van der Waals surface area contributed by atoms with Crippen molar-refractivity contribution in [1.82, 2.24) is 0 Å². The number of carbonyl (C=O) groups is 9. The summed E-state index contributed by atoms with van der Waals surface area (Å²) in [5.74, 6) is -8.03. The lowest BCUT2D eigenvalue weighted by Gasteiger charge is -2.50. The molecular formula is C36H50O23. The van der Waals surface area contributed by atoms with Crippen LogP contribution in [0.3, 0.4) is 0 Å². The van der Waals surface area contributed by atoms with Crippen LogP contribution in [0.5, 0.6) is 0 Å². The van der Waals surface area contributed by atoms with Crippen molar-refractivity contribution < 1.29 is 109 Å². The van der Waals surface area contributed by atoms with Gasteiger partial charge in [-0.05, 0) is 13.8 Å². The van der Waals surface area contributed by atoms with Crippen molar-refractivity contribution in [2.24, 2.45) is 0 Å². The summed E-state index contributed by atoms with van der Waals surface area (Å²) in [5, 5.41) is 0. The SMILES string of the molecule is CC(=O)OC[C@H]1OC(OC(C)=O)[C@H](OC(C)=O)[C@@H](O[C@@H]2O[C@@H](C)[C@H](OC(C)=O)[C@@H](O[C@@H]3O[C@@H](C)[C@H](OC(C)=O)[C@@H](OC(C)=O)[C@H]3OC(C)=O)[C@H]2OC(C)=O)[C@H]1OC(C)=O. The maximum Gasteiger partial charge on any atom is 0.305 e. The molecule has 3 aliphatic rings. The molecule has 3 rings (SSSR count). The summed E-state index contributed by atoms with van der Waals surface area (Å²) in [6.07, 6.45) is -23.9. The van der Waals surface area contributed by atoms with Crippen LogP contribution in [0.2, 0.25) is 0 Å². The van der Waals surface area contributed by atoms with Crippen LogP contribution in [-0.2, 0) is 109 Å². The van der Waals surface area contributed by atoms with Crippen molar-refractivity contribution in [3.05, 3.63) is 0 Å². The fourth-order valence-corrected chi connectivity index (χ4v) is 6.57. The van der Waals surface area contributed by atoms with E-state index in [1.807, 2.05) is 0 Å². The molecule has 0 aromatic rings. The molecule has 1 unspecified atom stereocenters. The Morgan fingerprint density at radius 1 is 0.339 bits per heavy atom. The second-order valence-electron chi connectivity index (χ2n) is 13.6. The predicted octanol–water partition coefficient (Wildman–Crippen LogP) is -0.381. The molecule has 23 nitrogen and oxygen atoms in total. The first-order chi connectivity index (χ1) is 27.5. The Bertz CT molecular complexity index is 1580. The van der Waals surface area contributed by atoms with Crippen molar-refractivity contribution in [2.45, 2.75) is 168 Å². The van der Waals surface area contributed by atoms with Crippen molar-refractivity contribution in [1.29, 1.82) is 0 Å². The smallest absolute Gasteiger partial charge is 0.305 e. The highest BCUT2D eigenvalue weighted by atomic mass is 16.8. The lowest BCUT2D eigenvalue weighted by molar-refractivity contribution is -0.376. The molecule has 332 valence electrons. The molecular weight excluding hydrogens is 800 g/mol. The molecule has 3 saturated heterocycles. The van der Waals surface area contributed by atoms with Crippen LogP contribution in [-0.4, -0.2) is 152 Å². The maximum absolute atomic E-state index is 12.8. The quantitative estimate of drug-likeness (QED) is 0.159. The average Bonchev–Trinajstić information content (AvgIpc) is 3.07. The number of hydrogen-bond donors (Lipinski definition) is 0. The molecule has 0 radical (unpaired) electrons. The van der Waals surface area contributed by atoms with Gasteiger partial charge in [0.25, 0.3) is 0 Å². The highest BCUT2D eigenvalue weighted by molar-refractivity contribution is 5.70. The number of hydrogen-bond acceptors (Lipinski definition) is 23. The molecule has 0 amide bonds. The normalized spacial score (nSPS) is 34.1. The molecule has 0 bridgehead atoms. The minimum absolute atomic E-state index is 0.611. The Morgan fingerprint density at radius 3 is 1.03 bits per heavy atom. The van der Waals surface area contributed by atoms with Crippen LogP contribution in [0.4, 0.5) is 0 Å². The van der Waals surface area contributed by atoms with E-state index in [2.05, 4.69) is 0 Å². The zero-order valence-corrected chi connectivity index (χ0v) is 34.3. The van der Waals surface area contributed by atoms with Crippen LogP contribution in [0.15, 0.2) is 0 Å². The average molecular weight is 851 g/mol. The van der Waals surface area contributed by atoms with E-state index in [9.17, 15) is 43.2 Å². The second-order valence-corrected chi connectivity index (χ2v) is 13.6. The van der Waals surface area contributed by atoms with Crippen LogP contribution < -0.4 is 0 Å². The molecule has 0 N–H and O–H groups in total. The molecule has 0 saturated carbocycles. The summed E-state index contributed by atoms with van der Waals surface area (Å²) in [6, 6.07) is 0. The van der Waals surface area contributed by atoms with Gasteiger partial charge in [0.15, 0.2) is 55.3 Å². The summed E-state index contributed by atoms with van der Waals surface area (Å²) < 4.78 is 79.7. The third-order valence-electron chi connectivity index (χ3n) is 8.48. The summed E-state index contributed by atoms with van der Waals surface area (Å²) in [4.78, 5) is 111. The molecule has 15 atom stereocenters. The Balaban J connectivity index is 2.23. The van der Waals surface area contributed by atoms with Gasteiger partial charge in [-0.2, -0.15) is 0 Å². The molecule has 0 spiro atoms. The molecule has 3 aliphatic heterocycles. The van der Waals surface area contributed by atoms with Gasteiger partial charge < -0.3 is 66.3 Å². The zero-order chi connectivity index (χ0) is 44.5. The van der Waals surface area contributed by atoms with Crippen molar-refractivity contribution in [2.75, 3.05) is 6.61 Å². The topological polar surface area (TPSA) is 283 Å². The highest BCUT2D eigenvalue weighted by Crippen LogP contribution is 2.38. The Hall–Kier alpha value is -4.97. The summed E-state index contributed by atoms with van der Waals surface area (Å²) in [5.41, 5.74) is 0. The van der Waals surface area contributed by atoms with Crippen molar-refractivity contribution >= 4 is 53.7 Å². The zero-order valence-electron chi connectivity index (χ0n) is 34.3. The predicted molar refractivity (Wildman–Crippen MR) is 184 cm³/mol. The van der Waals surface area contributed by atoms with E-state index in [1.54, 1.807) is 0 Å². The number of rotatable bonds is 14. The van der Waals surface area contributed by atoms with E-state index in [1.165, 1.54) is 13.8 Å². The van der Waals surface area contributed by atoms with E-state index >= 15 is 0 Å². The largest absolute Gasteiger partial charge is 0.463 e. The van der Waals surface area contributed by atoms with Gasteiger partial charge >= 0.3 is 53.7 Å².